The zero-order chi connectivity index (χ0) is 11.5. The summed E-state index contributed by atoms with van der Waals surface area (Å²) in [6.45, 7) is 0.393. The zero-order valence-corrected chi connectivity index (χ0v) is 8.56. The van der Waals surface area contributed by atoms with Gasteiger partial charge < -0.3 is 10.3 Å². The fraction of sp³-hybridized carbons (Fsp3) is 0.0833. The van der Waals surface area contributed by atoms with Crippen molar-refractivity contribution in [3.63, 3.8) is 0 Å². The van der Waals surface area contributed by atoms with Gasteiger partial charge in [-0.1, -0.05) is 12.1 Å². The first-order valence-electron chi connectivity index (χ1n) is 4.85. The molecular formula is C12H11FN2O. The minimum atomic E-state index is -0.288. The van der Waals surface area contributed by atoms with Gasteiger partial charge in [-0.25, -0.2) is 4.39 Å². The van der Waals surface area contributed by atoms with Crippen molar-refractivity contribution in [2.75, 3.05) is 5.73 Å². The molecule has 0 bridgehead atoms. The van der Waals surface area contributed by atoms with E-state index in [2.05, 4.69) is 0 Å². The van der Waals surface area contributed by atoms with Gasteiger partial charge in [0.15, 0.2) is 0 Å². The number of pyridine rings is 1. The second-order valence-electron chi connectivity index (χ2n) is 3.56. The van der Waals surface area contributed by atoms with Crippen molar-refractivity contribution in [1.29, 1.82) is 0 Å². The smallest absolute Gasteiger partial charge is 0.250 e. The molecule has 0 unspecified atom stereocenters. The van der Waals surface area contributed by atoms with Crippen LogP contribution < -0.4 is 11.3 Å². The first kappa shape index (κ1) is 10.4. The number of nitrogens with zero attached hydrogens (tertiary/aromatic N) is 1. The molecule has 82 valence electrons. The van der Waals surface area contributed by atoms with Crippen molar-refractivity contribution in [3.05, 3.63) is 64.3 Å². The Labute approximate surface area is 92.0 Å². The highest BCUT2D eigenvalue weighted by atomic mass is 19.1. The number of hydrogen-bond acceptors (Lipinski definition) is 2. The second-order valence-corrected chi connectivity index (χ2v) is 3.56. The van der Waals surface area contributed by atoms with Crippen LogP contribution >= 0.6 is 0 Å². The van der Waals surface area contributed by atoms with Crippen LogP contribution in [0.25, 0.3) is 0 Å². The van der Waals surface area contributed by atoms with Gasteiger partial charge in [0.1, 0.15) is 5.82 Å². The molecule has 0 aliphatic heterocycles. The summed E-state index contributed by atoms with van der Waals surface area (Å²) in [5, 5.41) is 0. The fourth-order valence-corrected chi connectivity index (χ4v) is 1.46. The first-order chi connectivity index (χ1) is 7.65. The molecule has 2 rings (SSSR count). The lowest BCUT2D eigenvalue weighted by Gasteiger charge is -2.06. The third-order valence-electron chi connectivity index (χ3n) is 2.27. The molecule has 1 aromatic carbocycles. The van der Waals surface area contributed by atoms with Crippen LogP contribution in [0.5, 0.6) is 0 Å². The summed E-state index contributed by atoms with van der Waals surface area (Å²) in [5.41, 5.74) is 6.84. The van der Waals surface area contributed by atoms with E-state index >= 15 is 0 Å². The highest BCUT2D eigenvalue weighted by Gasteiger charge is 1.98. The predicted molar refractivity (Wildman–Crippen MR) is 60.6 cm³/mol. The maximum atomic E-state index is 12.7. The Morgan fingerprint density at radius 3 is 2.50 bits per heavy atom. The number of aromatic nitrogens is 1. The van der Waals surface area contributed by atoms with E-state index < -0.39 is 0 Å². The number of anilines is 1. The zero-order valence-electron chi connectivity index (χ0n) is 8.56. The molecule has 1 aromatic heterocycles. The molecule has 0 aliphatic carbocycles. The molecule has 0 radical (unpaired) electrons. The lowest BCUT2D eigenvalue weighted by Crippen LogP contribution is -2.19. The molecular weight excluding hydrogens is 207 g/mol. The highest BCUT2D eigenvalue weighted by molar-refractivity contribution is 5.33. The minimum absolute atomic E-state index is 0.126. The summed E-state index contributed by atoms with van der Waals surface area (Å²) in [6, 6.07) is 9.00. The number of nitrogens with two attached hydrogens (primary N) is 1. The van der Waals surface area contributed by atoms with Gasteiger partial charge in [-0.15, -0.1) is 0 Å². The Morgan fingerprint density at radius 2 is 1.81 bits per heavy atom. The molecule has 16 heavy (non-hydrogen) atoms. The van der Waals surface area contributed by atoms with E-state index in [0.29, 0.717) is 12.2 Å². The Bertz CT molecular complexity index is 546. The summed E-state index contributed by atoms with van der Waals surface area (Å²) in [4.78, 5) is 11.5. The van der Waals surface area contributed by atoms with E-state index in [9.17, 15) is 9.18 Å². The number of halogens is 1. The fourth-order valence-electron chi connectivity index (χ4n) is 1.46. The van der Waals surface area contributed by atoms with Gasteiger partial charge in [-0.05, 0) is 23.8 Å². The normalized spacial score (nSPS) is 10.3. The number of rotatable bonds is 2. The average molecular weight is 218 g/mol. The highest BCUT2D eigenvalue weighted by Crippen LogP contribution is 2.05. The molecule has 2 N–H and O–H groups in total. The topological polar surface area (TPSA) is 48.0 Å². The van der Waals surface area contributed by atoms with Crippen LogP contribution in [0.2, 0.25) is 0 Å². The van der Waals surface area contributed by atoms with E-state index in [-0.39, 0.29) is 11.4 Å². The van der Waals surface area contributed by atoms with Gasteiger partial charge in [0.05, 0.1) is 6.54 Å². The lowest BCUT2D eigenvalue weighted by molar-refractivity contribution is 0.626. The Morgan fingerprint density at radius 1 is 1.12 bits per heavy atom. The van der Waals surface area contributed by atoms with Crippen LogP contribution in [-0.4, -0.2) is 4.57 Å². The van der Waals surface area contributed by atoms with Gasteiger partial charge in [0.25, 0.3) is 5.56 Å². The van der Waals surface area contributed by atoms with Gasteiger partial charge in [0.2, 0.25) is 0 Å². The molecule has 0 amide bonds. The lowest BCUT2D eigenvalue weighted by atomic mass is 10.2. The summed E-state index contributed by atoms with van der Waals surface area (Å²) in [7, 11) is 0. The predicted octanol–water partition coefficient (Wildman–Crippen LogP) is 1.62. The van der Waals surface area contributed by atoms with Gasteiger partial charge in [-0.3, -0.25) is 4.79 Å². The standard InChI is InChI=1S/C12H11FN2O/c13-10-3-1-9(2-4-10)7-15-8-11(14)5-6-12(15)16/h1-6,8H,7,14H2. The molecule has 0 atom stereocenters. The molecule has 0 spiro atoms. The molecule has 1 heterocycles. The Hall–Kier alpha value is -2.10. The van der Waals surface area contributed by atoms with Crippen LogP contribution in [-0.2, 0) is 6.54 Å². The van der Waals surface area contributed by atoms with Crippen LogP contribution in [0.15, 0.2) is 47.4 Å². The molecule has 0 aliphatic rings. The van der Waals surface area contributed by atoms with Crippen molar-refractivity contribution in [2.45, 2.75) is 6.54 Å². The van der Waals surface area contributed by atoms with Crippen LogP contribution in [0.1, 0.15) is 5.56 Å². The maximum absolute atomic E-state index is 12.7. The quantitative estimate of drug-likeness (QED) is 0.832. The summed E-state index contributed by atoms with van der Waals surface area (Å²) in [6.07, 6.45) is 1.58. The maximum Gasteiger partial charge on any atom is 0.250 e. The number of nitrogen functional groups attached to an aromatic ring is 1. The summed E-state index contributed by atoms with van der Waals surface area (Å²) < 4.78 is 14.2. The average Bonchev–Trinajstić information content (AvgIpc) is 2.27. The molecule has 2 aromatic rings. The monoisotopic (exact) mass is 218 g/mol. The summed E-state index contributed by atoms with van der Waals surface area (Å²) >= 11 is 0. The summed E-state index contributed by atoms with van der Waals surface area (Å²) in [5.74, 6) is -0.288. The number of benzene rings is 1. The van der Waals surface area contributed by atoms with Crippen LogP contribution in [0, 0.1) is 5.82 Å². The van der Waals surface area contributed by atoms with E-state index in [1.54, 1.807) is 24.4 Å². The van der Waals surface area contributed by atoms with Crippen molar-refractivity contribution < 1.29 is 4.39 Å². The van der Waals surface area contributed by atoms with Crippen LogP contribution in [0.4, 0.5) is 10.1 Å². The van der Waals surface area contributed by atoms with Gasteiger partial charge >= 0.3 is 0 Å². The van der Waals surface area contributed by atoms with E-state index in [0.717, 1.165) is 5.56 Å². The van der Waals surface area contributed by atoms with E-state index in [1.165, 1.54) is 22.8 Å². The Balaban J connectivity index is 2.30. The third-order valence-corrected chi connectivity index (χ3v) is 2.27. The van der Waals surface area contributed by atoms with Crippen molar-refractivity contribution in [3.8, 4) is 0 Å². The molecule has 0 saturated heterocycles. The van der Waals surface area contributed by atoms with Crippen LogP contribution in [0.3, 0.4) is 0 Å². The van der Waals surface area contributed by atoms with Crippen molar-refractivity contribution in [2.24, 2.45) is 0 Å². The second kappa shape index (κ2) is 4.18. The third kappa shape index (κ3) is 2.28. The van der Waals surface area contributed by atoms with Crippen molar-refractivity contribution in [1.82, 2.24) is 4.57 Å². The van der Waals surface area contributed by atoms with Gasteiger partial charge in [0, 0.05) is 18.0 Å². The number of hydrogen-bond donors (Lipinski definition) is 1. The minimum Gasteiger partial charge on any atom is -0.398 e. The van der Waals surface area contributed by atoms with E-state index in [1.807, 2.05) is 0 Å². The van der Waals surface area contributed by atoms with Gasteiger partial charge in [-0.2, -0.15) is 0 Å². The molecule has 4 heteroatoms. The Kier molecular flexibility index (Phi) is 2.72. The molecule has 0 saturated carbocycles. The first-order valence-corrected chi connectivity index (χ1v) is 4.85. The van der Waals surface area contributed by atoms with E-state index in [4.69, 9.17) is 5.73 Å². The molecule has 0 fully saturated rings. The SMILES string of the molecule is Nc1ccc(=O)n(Cc2ccc(F)cc2)c1. The largest absolute Gasteiger partial charge is 0.398 e. The molecule has 3 nitrogen and oxygen atoms in total. The van der Waals surface area contributed by atoms with Crippen molar-refractivity contribution >= 4 is 5.69 Å².